The van der Waals surface area contributed by atoms with Crippen molar-refractivity contribution in [2.45, 2.75) is 25.8 Å². The highest BCUT2D eigenvalue weighted by Crippen LogP contribution is 2.41. The molecule has 1 amide bonds. The first-order valence-corrected chi connectivity index (χ1v) is 7.95. The number of hydrogen-bond acceptors (Lipinski definition) is 5. The Bertz CT molecular complexity index is 744. The van der Waals surface area contributed by atoms with E-state index in [1.54, 1.807) is 18.3 Å². The maximum atomic E-state index is 12.8. The number of carbonyl (C=O) groups is 1. The summed E-state index contributed by atoms with van der Waals surface area (Å²) >= 11 is 0. The molecule has 24 heavy (non-hydrogen) atoms. The number of aryl methyl sites for hydroxylation is 1. The van der Waals surface area contributed by atoms with E-state index in [2.05, 4.69) is 15.3 Å². The van der Waals surface area contributed by atoms with Crippen LogP contribution < -0.4 is 14.8 Å². The number of nitrogens with one attached hydrogen (secondary N) is 1. The Morgan fingerprint density at radius 3 is 2.67 bits per heavy atom. The topological polar surface area (TPSA) is 73.3 Å². The molecule has 0 radical (unpaired) electrons. The molecule has 2 aromatic heterocycles. The first-order chi connectivity index (χ1) is 11.6. The van der Waals surface area contributed by atoms with Crippen LogP contribution in [0.1, 0.15) is 40.5 Å². The van der Waals surface area contributed by atoms with Gasteiger partial charge in [-0.05, 0) is 43.4 Å². The van der Waals surface area contributed by atoms with E-state index in [9.17, 15) is 4.79 Å². The summed E-state index contributed by atoms with van der Waals surface area (Å²) in [5, 5.41) is 3.10. The van der Waals surface area contributed by atoms with Crippen LogP contribution in [0.25, 0.3) is 0 Å². The maximum Gasteiger partial charge on any atom is 0.257 e. The summed E-state index contributed by atoms with van der Waals surface area (Å²) in [6, 6.07) is 7.14. The van der Waals surface area contributed by atoms with Crippen molar-refractivity contribution in [1.29, 1.82) is 0 Å². The summed E-state index contributed by atoms with van der Waals surface area (Å²) in [6.45, 7) is 2.01. The Morgan fingerprint density at radius 2 is 2.04 bits per heavy atom. The molecular formula is C18H21N3O3. The Morgan fingerprint density at radius 1 is 1.25 bits per heavy atom. The van der Waals surface area contributed by atoms with Gasteiger partial charge in [0.15, 0.2) is 0 Å². The summed E-state index contributed by atoms with van der Waals surface area (Å²) in [7, 11) is 3.01. The molecule has 1 aliphatic rings. The second kappa shape index (κ2) is 6.86. The van der Waals surface area contributed by atoms with Crippen LogP contribution in [0, 0.1) is 12.8 Å². The number of carbonyl (C=O) groups excluding carboxylic acids is 1. The van der Waals surface area contributed by atoms with Crippen molar-refractivity contribution in [1.82, 2.24) is 15.3 Å². The van der Waals surface area contributed by atoms with Crippen LogP contribution in [0.3, 0.4) is 0 Å². The fourth-order valence-corrected chi connectivity index (χ4v) is 2.75. The second-order valence-corrected chi connectivity index (χ2v) is 5.90. The van der Waals surface area contributed by atoms with E-state index >= 15 is 0 Å². The number of rotatable bonds is 6. The van der Waals surface area contributed by atoms with E-state index in [-0.39, 0.29) is 17.8 Å². The minimum absolute atomic E-state index is 0.0921. The third-order valence-electron chi connectivity index (χ3n) is 4.21. The average molecular weight is 327 g/mol. The normalized spacial score (nSPS) is 14.8. The summed E-state index contributed by atoms with van der Waals surface area (Å²) in [4.78, 5) is 21.4. The van der Waals surface area contributed by atoms with Gasteiger partial charge < -0.3 is 14.8 Å². The fourth-order valence-electron chi connectivity index (χ4n) is 2.75. The lowest BCUT2D eigenvalue weighted by molar-refractivity contribution is 0.0926. The molecule has 0 saturated heterocycles. The van der Waals surface area contributed by atoms with Gasteiger partial charge in [0.2, 0.25) is 11.8 Å². The van der Waals surface area contributed by atoms with Crippen molar-refractivity contribution >= 4 is 5.91 Å². The molecule has 0 unspecified atom stereocenters. The molecule has 0 bridgehead atoms. The zero-order chi connectivity index (χ0) is 17.1. The molecular weight excluding hydrogens is 306 g/mol. The molecule has 3 rings (SSSR count). The molecule has 2 heterocycles. The largest absolute Gasteiger partial charge is 0.481 e. The second-order valence-electron chi connectivity index (χ2n) is 5.90. The van der Waals surface area contributed by atoms with Crippen LogP contribution in [0.15, 0.2) is 30.5 Å². The predicted octanol–water partition coefficient (Wildman–Crippen LogP) is 2.68. The number of pyridine rings is 2. The number of methoxy groups -OCH3 is 2. The molecule has 1 saturated carbocycles. The number of hydrogen-bond donors (Lipinski definition) is 1. The molecule has 2 aromatic rings. The Labute approximate surface area is 141 Å². The number of amides is 1. The standard InChI is InChI=1S/C18H21N3O3/c1-11-5-4-10-19-15(11)16(12-6-7-12)21-17(22)13-8-9-14(23-2)20-18(13)24-3/h4-5,8-10,12,16H,6-7H2,1-3H3,(H,21,22)/t16-/m0/s1. The van der Waals surface area contributed by atoms with Crippen molar-refractivity contribution < 1.29 is 14.3 Å². The molecule has 1 atom stereocenters. The molecule has 0 aliphatic heterocycles. The van der Waals surface area contributed by atoms with Crippen molar-refractivity contribution in [3.05, 3.63) is 47.3 Å². The summed E-state index contributed by atoms with van der Waals surface area (Å²) < 4.78 is 10.3. The van der Waals surface area contributed by atoms with Crippen LogP contribution in [-0.2, 0) is 0 Å². The third-order valence-corrected chi connectivity index (χ3v) is 4.21. The number of ether oxygens (including phenoxy) is 2. The molecule has 1 aliphatic carbocycles. The SMILES string of the molecule is COc1ccc(C(=O)N[C@H](c2ncccc2C)C2CC2)c(OC)n1. The van der Waals surface area contributed by atoms with Gasteiger partial charge in [0.25, 0.3) is 5.91 Å². The van der Waals surface area contributed by atoms with Gasteiger partial charge in [-0.2, -0.15) is 4.98 Å². The lowest BCUT2D eigenvalue weighted by atomic mass is 10.0. The van der Waals surface area contributed by atoms with Crippen LogP contribution in [0.2, 0.25) is 0 Å². The molecule has 126 valence electrons. The van der Waals surface area contributed by atoms with Crippen LogP contribution in [-0.4, -0.2) is 30.1 Å². The van der Waals surface area contributed by atoms with Gasteiger partial charge in [-0.15, -0.1) is 0 Å². The molecule has 6 heteroatoms. The van der Waals surface area contributed by atoms with E-state index in [1.807, 2.05) is 19.1 Å². The van der Waals surface area contributed by atoms with Gasteiger partial charge in [0, 0.05) is 12.3 Å². The number of aromatic nitrogens is 2. The molecule has 6 nitrogen and oxygen atoms in total. The van der Waals surface area contributed by atoms with E-state index < -0.39 is 0 Å². The summed E-state index contributed by atoms with van der Waals surface area (Å²) in [5.41, 5.74) is 2.39. The lowest BCUT2D eigenvalue weighted by Gasteiger charge is -2.20. The van der Waals surface area contributed by atoms with Gasteiger partial charge in [-0.3, -0.25) is 9.78 Å². The van der Waals surface area contributed by atoms with E-state index in [4.69, 9.17) is 9.47 Å². The zero-order valence-corrected chi connectivity index (χ0v) is 14.1. The monoisotopic (exact) mass is 327 g/mol. The van der Waals surface area contributed by atoms with Crippen molar-refractivity contribution in [3.8, 4) is 11.8 Å². The molecule has 1 fully saturated rings. The number of nitrogens with zero attached hydrogens (tertiary/aromatic N) is 2. The van der Waals surface area contributed by atoms with Crippen molar-refractivity contribution in [2.75, 3.05) is 14.2 Å². The quantitative estimate of drug-likeness (QED) is 0.883. The highest BCUT2D eigenvalue weighted by atomic mass is 16.5. The fraction of sp³-hybridized carbons (Fsp3) is 0.389. The van der Waals surface area contributed by atoms with Crippen molar-refractivity contribution in [2.24, 2.45) is 5.92 Å². The molecule has 0 spiro atoms. The minimum atomic E-state index is -0.219. The van der Waals surface area contributed by atoms with E-state index in [0.717, 1.165) is 24.1 Å². The van der Waals surface area contributed by atoms with E-state index in [1.165, 1.54) is 14.2 Å². The highest BCUT2D eigenvalue weighted by Gasteiger charge is 2.35. The molecule has 1 N–H and O–H groups in total. The zero-order valence-electron chi connectivity index (χ0n) is 14.1. The smallest absolute Gasteiger partial charge is 0.257 e. The van der Waals surface area contributed by atoms with Gasteiger partial charge in [-0.25, -0.2) is 0 Å². The van der Waals surface area contributed by atoms with Gasteiger partial charge in [0.1, 0.15) is 5.56 Å². The van der Waals surface area contributed by atoms with E-state index in [0.29, 0.717) is 17.4 Å². The third kappa shape index (κ3) is 3.32. The minimum Gasteiger partial charge on any atom is -0.481 e. The summed E-state index contributed by atoms with van der Waals surface area (Å²) in [5.74, 6) is 0.866. The van der Waals surface area contributed by atoms with Crippen LogP contribution in [0.5, 0.6) is 11.8 Å². The Balaban J connectivity index is 1.86. The van der Waals surface area contributed by atoms with Crippen molar-refractivity contribution in [3.63, 3.8) is 0 Å². The Hall–Kier alpha value is -2.63. The van der Waals surface area contributed by atoms with Crippen LogP contribution >= 0.6 is 0 Å². The van der Waals surface area contributed by atoms with Gasteiger partial charge in [0.05, 0.1) is 26.0 Å². The average Bonchev–Trinajstić information content (AvgIpc) is 3.44. The first kappa shape index (κ1) is 16.2. The van der Waals surface area contributed by atoms with Crippen LogP contribution in [0.4, 0.5) is 0 Å². The Kier molecular flexibility index (Phi) is 4.64. The first-order valence-electron chi connectivity index (χ1n) is 7.95. The van der Waals surface area contributed by atoms with Gasteiger partial charge in [-0.1, -0.05) is 6.07 Å². The predicted molar refractivity (Wildman–Crippen MR) is 89.2 cm³/mol. The summed E-state index contributed by atoms with van der Waals surface area (Å²) in [6.07, 6.45) is 3.96. The molecule has 0 aromatic carbocycles. The highest BCUT2D eigenvalue weighted by molar-refractivity contribution is 5.96. The lowest BCUT2D eigenvalue weighted by Crippen LogP contribution is -2.31. The maximum absolute atomic E-state index is 12.8. The van der Waals surface area contributed by atoms with Gasteiger partial charge >= 0.3 is 0 Å².